The Morgan fingerprint density at radius 1 is 0.733 bits per heavy atom. The second-order valence-corrected chi connectivity index (χ2v) is 6.75. The molecule has 0 aliphatic heterocycles. The van der Waals surface area contributed by atoms with Gasteiger partial charge in [0.25, 0.3) is 0 Å². The SMILES string of the molecule is O=c1c(O)c(-c2ccc(O)c(O)c2)oc2c(Cc3ccc(O)cc3)c(O)cc(O)c12. The van der Waals surface area contributed by atoms with E-state index in [1.54, 1.807) is 12.1 Å². The van der Waals surface area contributed by atoms with Crippen molar-refractivity contribution in [1.82, 2.24) is 0 Å². The van der Waals surface area contributed by atoms with E-state index < -0.39 is 28.4 Å². The number of hydrogen-bond donors (Lipinski definition) is 6. The van der Waals surface area contributed by atoms with Crippen molar-refractivity contribution in [2.24, 2.45) is 0 Å². The molecule has 1 heterocycles. The third-order valence-corrected chi connectivity index (χ3v) is 4.76. The van der Waals surface area contributed by atoms with E-state index in [9.17, 15) is 35.4 Å². The minimum Gasteiger partial charge on any atom is -0.508 e. The molecule has 0 fully saturated rings. The van der Waals surface area contributed by atoms with Crippen molar-refractivity contribution in [3.8, 4) is 45.8 Å². The van der Waals surface area contributed by atoms with Crippen LogP contribution in [0.4, 0.5) is 0 Å². The van der Waals surface area contributed by atoms with Crippen molar-refractivity contribution in [1.29, 1.82) is 0 Å². The lowest BCUT2D eigenvalue weighted by atomic mass is 9.99. The van der Waals surface area contributed by atoms with Gasteiger partial charge >= 0.3 is 0 Å². The molecule has 0 aliphatic rings. The first kappa shape index (κ1) is 19.0. The van der Waals surface area contributed by atoms with E-state index in [0.29, 0.717) is 5.56 Å². The summed E-state index contributed by atoms with van der Waals surface area (Å²) in [6.07, 6.45) is 0.0941. The average Bonchev–Trinajstić information content (AvgIpc) is 2.70. The summed E-state index contributed by atoms with van der Waals surface area (Å²) in [4.78, 5) is 12.8. The highest BCUT2D eigenvalue weighted by molar-refractivity contribution is 5.91. The first-order chi connectivity index (χ1) is 14.3. The van der Waals surface area contributed by atoms with Gasteiger partial charge in [-0.2, -0.15) is 0 Å². The molecule has 8 heteroatoms. The van der Waals surface area contributed by atoms with E-state index in [2.05, 4.69) is 0 Å². The van der Waals surface area contributed by atoms with Crippen molar-refractivity contribution in [3.63, 3.8) is 0 Å². The van der Waals surface area contributed by atoms with Gasteiger partial charge in [-0.05, 0) is 35.9 Å². The van der Waals surface area contributed by atoms with Crippen molar-refractivity contribution in [3.05, 3.63) is 69.9 Å². The molecule has 0 saturated heterocycles. The van der Waals surface area contributed by atoms with Crippen molar-refractivity contribution >= 4 is 11.0 Å². The molecule has 0 radical (unpaired) electrons. The van der Waals surface area contributed by atoms with Crippen LogP contribution in [0.5, 0.6) is 34.5 Å². The van der Waals surface area contributed by atoms with E-state index in [4.69, 9.17) is 4.42 Å². The molecule has 4 aromatic rings. The fourth-order valence-corrected chi connectivity index (χ4v) is 3.23. The molecule has 0 spiro atoms. The normalized spacial score (nSPS) is 11.1. The maximum atomic E-state index is 12.8. The molecule has 6 N–H and O–H groups in total. The molecule has 0 amide bonds. The van der Waals surface area contributed by atoms with Crippen LogP contribution in [-0.2, 0) is 6.42 Å². The summed E-state index contributed by atoms with van der Waals surface area (Å²) in [7, 11) is 0. The van der Waals surface area contributed by atoms with E-state index in [1.807, 2.05) is 0 Å². The van der Waals surface area contributed by atoms with Gasteiger partial charge in [0.05, 0.1) is 0 Å². The number of rotatable bonds is 3. The Hall–Kier alpha value is -4.33. The highest BCUT2D eigenvalue weighted by atomic mass is 16.4. The molecule has 0 atom stereocenters. The summed E-state index contributed by atoms with van der Waals surface area (Å²) in [6, 6.07) is 10.7. The van der Waals surface area contributed by atoms with E-state index >= 15 is 0 Å². The number of benzene rings is 3. The van der Waals surface area contributed by atoms with Crippen LogP contribution in [0.3, 0.4) is 0 Å². The number of fused-ring (bicyclic) bond motifs is 1. The first-order valence-corrected chi connectivity index (χ1v) is 8.80. The summed E-state index contributed by atoms with van der Waals surface area (Å²) >= 11 is 0. The van der Waals surface area contributed by atoms with Crippen LogP contribution in [-0.4, -0.2) is 30.6 Å². The standard InChI is InChI=1S/C22H16O8/c23-12-4-1-10(2-5-12)7-13-15(25)9-17(27)18-19(28)20(29)21(30-22(13)18)11-3-6-14(24)16(26)8-11/h1-6,8-9,23-27,29H,7H2. The van der Waals surface area contributed by atoms with Gasteiger partial charge in [-0.3, -0.25) is 4.79 Å². The van der Waals surface area contributed by atoms with Crippen LogP contribution in [0.1, 0.15) is 11.1 Å². The summed E-state index contributed by atoms with van der Waals surface area (Å²) in [5.41, 5.74) is -0.126. The van der Waals surface area contributed by atoms with Gasteiger partial charge in [0.15, 0.2) is 17.3 Å². The van der Waals surface area contributed by atoms with Crippen LogP contribution >= 0.6 is 0 Å². The summed E-state index contributed by atoms with van der Waals surface area (Å²) in [5, 5.41) is 59.3. The van der Waals surface area contributed by atoms with Gasteiger partial charge in [0, 0.05) is 23.6 Å². The molecule has 0 bridgehead atoms. The van der Waals surface area contributed by atoms with Crippen LogP contribution in [0.15, 0.2) is 57.7 Å². The third-order valence-electron chi connectivity index (χ3n) is 4.76. The summed E-state index contributed by atoms with van der Waals surface area (Å²) in [6.45, 7) is 0. The van der Waals surface area contributed by atoms with Crippen molar-refractivity contribution < 1.29 is 35.1 Å². The molecular weight excluding hydrogens is 392 g/mol. The van der Waals surface area contributed by atoms with Crippen LogP contribution in [0, 0.1) is 0 Å². The Morgan fingerprint density at radius 3 is 2.10 bits per heavy atom. The predicted molar refractivity (Wildman–Crippen MR) is 107 cm³/mol. The Kier molecular flexibility index (Phi) is 4.39. The van der Waals surface area contributed by atoms with Gasteiger partial charge in [0.2, 0.25) is 11.2 Å². The zero-order valence-corrected chi connectivity index (χ0v) is 15.3. The van der Waals surface area contributed by atoms with Crippen molar-refractivity contribution in [2.45, 2.75) is 6.42 Å². The Labute approximate surface area is 168 Å². The Morgan fingerprint density at radius 2 is 1.43 bits per heavy atom. The third kappa shape index (κ3) is 3.10. The van der Waals surface area contributed by atoms with Gasteiger partial charge in [-0.1, -0.05) is 12.1 Å². The molecular formula is C22H16O8. The zero-order chi connectivity index (χ0) is 21.6. The Bertz CT molecular complexity index is 1340. The molecule has 1 aromatic heterocycles. The van der Waals surface area contributed by atoms with Gasteiger partial charge in [-0.25, -0.2) is 0 Å². The lowest BCUT2D eigenvalue weighted by Gasteiger charge is -2.13. The highest BCUT2D eigenvalue weighted by Crippen LogP contribution is 2.40. The molecule has 8 nitrogen and oxygen atoms in total. The van der Waals surface area contributed by atoms with Crippen molar-refractivity contribution in [2.75, 3.05) is 0 Å². The largest absolute Gasteiger partial charge is 0.508 e. The minimum absolute atomic E-state index is 0.0596. The minimum atomic E-state index is -0.928. The number of aromatic hydroxyl groups is 6. The maximum Gasteiger partial charge on any atom is 0.238 e. The fraction of sp³-hybridized carbons (Fsp3) is 0.0455. The lowest BCUT2D eigenvalue weighted by Crippen LogP contribution is -2.05. The van der Waals surface area contributed by atoms with Crippen LogP contribution in [0.25, 0.3) is 22.3 Å². The lowest BCUT2D eigenvalue weighted by molar-refractivity contribution is 0.403. The first-order valence-electron chi connectivity index (χ1n) is 8.80. The van der Waals surface area contributed by atoms with Crippen LogP contribution < -0.4 is 5.43 Å². The second kappa shape index (κ2) is 6.93. The van der Waals surface area contributed by atoms with E-state index in [1.165, 1.54) is 18.2 Å². The molecule has 30 heavy (non-hydrogen) atoms. The average molecular weight is 408 g/mol. The van der Waals surface area contributed by atoms with E-state index in [0.717, 1.165) is 18.2 Å². The summed E-state index contributed by atoms with van der Waals surface area (Å²) in [5.74, 6) is -2.83. The number of phenolic OH excluding ortho intramolecular Hbond substituents is 5. The number of phenols is 5. The zero-order valence-electron chi connectivity index (χ0n) is 15.3. The highest BCUT2D eigenvalue weighted by Gasteiger charge is 2.23. The van der Waals surface area contributed by atoms with Gasteiger partial charge < -0.3 is 35.1 Å². The summed E-state index contributed by atoms with van der Waals surface area (Å²) < 4.78 is 5.73. The molecule has 152 valence electrons. The Balaban J connectivity index is 2.00. The van der Waals surface area contributed by atoms with Gasteiger partial charge in [-0.15, -0.1) is 0 Å². The monoisotopic (exact) mass is 408 g/mol. The molecule has 4 rings (SSSR count). The quantitative estimate of drug-likeness (QED) is 0.283. The topological polar surface area (TPSA) is 152 Å². The molecule has 3 aromatic carbocycles. The molecule has 0 aliphatic carbocycles. The van der Waals surface area contributed by atoms with E-state index in [-0.39, 0.29) is 45.8 Å². The number of hydrogen-bond acceptors (Lipinski definition) is 8. The smallest absolute Gasteiger partial charge is 0.238 e. The maximum absolute atomic E-state index is 12.8. The second-order valence-electron chi connectivity index (χ2n) is 6.75. The predicted octanol–water partition coefficient (Wildman–Crippen LogP) is 3.28. The van der Waals surface area contributed by atoms with Gasteiger partial charge in [0.1, 0.15) is 28.2 Å². The molecule has 0 saturated carbocycles. The molecule has 0 unspecified atom stereocenters. The fourth-order valence-electron chi connectivity index (χ4n) is 3.23. The van der Waals surface area contributed by atoms with Crippen LogP contribution in [0.2, 0.25) is 0 Å².